The molecule has 3 rings (SSSR count). The van der Waals surface area contributed by atoms with E-state index in [9.17, 15) is 9.59 Å². The summed E-state index contributed by atoms with van der Waals surface area (Å²) >= 11 is 0. The van der Waals surface area contributed by atoms with E-state index in [2.05, 4.69) is 50.6 Å². The van der Waals surface area contributed by atoms with Gasteiger partial charge in [-0.15, -0.1) is 0 Å². The number of rotatable bonds is 12. The largest absolute Gasteiger partial charge is 0.349 e. The van der Waals surface area contributed by atoms with Crippen LogP contribution in [-0.4, -0.2) is 69.3 Å². The minimum Gasteiger partial charge on any atom is -0.349 e. The first-order chi connectivity index (χ1) is 19.2. The number of carbonyl (C=O) groups is 2. The van der Waals surface area contributed by atoms with Crippen LogP contribution in [-0.2, 0) is 29.8 Å². The van der Waals surface area contributed by atoms with Crippen LogP contribution in [0.1, 0.15) is 74.3 Å². The molecule has 224 valence electrons. The van der Waals surface area contributed by atoms with Crippen molar-refractivity contribution in [2.24, 2.45) is 0 Å². The summed E-state index contributed by atoms with van der Waals surface area (Å²) in [6.07, 6.45) is -2.13. The second kappa shape index (κ2) is 14.5. The Hall–Kier alpha value is -1.000. The van der Waals surface area contributed by atoms with Crippen LogP contribution in [0.5, 0.6) is 0 Å². The summed E-state index contributed by atoms with van der Waals surface area (Å²) in [5.74, 6) is -0.867. The van der Waals surface area contributed by atoms with Gasteiger partial charge in [-0.05, 0) is 65.1 Å². The van der Waals surface area contributed by atoms with Gasteiger partial charge in [-0.2, -0.15) is 0 Å². The quantitative estimate of drug-likeness (QED) is 0.139. The predicted octanol–water partition coefficient (Wildman–Crippen LogP) is 7.22. The van der Waals surface area contributed by atoms with Gasteiger partial charge in [-0.25, -0.2) is 9.06 Å². The molecule has 0 aromatic heterocycles. The fourth-order valence-corrected chi connectivity index (χ4v) is 8.77. The van der Waals surface area contributed by atoms with Gasteiger partial charge in [0, 0.05) is 29.3 Å². The van der Waals surface area contributed by atoms with Crippen LogP contribution in [0, 0.1) is 6.92 Å². The highest BCUT2D eigenvalue weighted by atomic mass is 33.1. The molecule has 11 heteroatoms. The minimum atomic E-state index is -1.73. The standard InChI is InChI=1S/C29H44FN2O5PS2/c1-18(2)32(19(3)4)38(35-16-14-22-12-10-11-20(5)27(22)39-40-29(7,8)9)37-26-21(6)36-28(25(26)30)31-15-13-23(33)17-24(31)34/h10-13,15,18-19,21,25-26,28H,14,16-17H2,1-9H3/i6D. The molecule has 5 unspecified atom stereocenters. The van der Waals surface area contributed by atoms with Crippen molar-refractivity contribution in [3.63, 3.8) is 0 Å². The van der Waals surface area contributed by atoms with Crippen molar-refractivity contribution in [2.45, 2.75) is 121 Å². The normalized spacial score (nSPS) is 25.0. The molecule has 2 heterocycles. The number of carbonyl (C=O) groups excluding carboxylic acids is 2. The van der Waals surface area contributed by atoms with E-state index in [0.717, 1.165) is 4.90 Å². The summed E-state index contributed by atoms with van der Waals surface area (Å²) in [7, 11) is 1.88. The smallest absolute Gasteiger partial charge is 0.259 e. The van der Waals surface area contributed by atoms with Crippen LogP contribution in [0.3, 0.4) is 0 Å². The number of alkyl halides is 1. The fourth-order valence-electron chi connectivity index (χ4n) is 4.48. The van der Waals surface area contributed by atoms with E-state index in [4.69, 9.17) is 15.2 Å². The zero-order valence-corrected chi connectivity index (χ0v) is 27.3. The van der Waals surface area contributed by atoms with Gasteiger partial charge in [0.2, 0.25) is 5.91 Å². The molecule has 40 heavy (non-hydrogen) atoms. The molecule has 1 saturated heterocycles. The summed E-state index contributed by atoms with van der Waals surface area (Å²) in [4.78, 5) is 26.4. The summed E-state index contributed by atoms with van der Waals surface area (Å²) < 4.78 is 44.8. The Morgan fingerprint density at radius 1 is 1.25 bits per heavy atom. The number of allylic oxidation sites excluding steroid dienone is 1. The molecule has 2 aliphatic rings. The van der Waals surface area contributed by atoms with E-state index >= 15 is 4.39 Å². The van der Waals surface area contributed by atoms with Gasteiger partial charge in [-0.3, -0.25) is 14.5 Å². The van der Waals surface area contributed by atoms with E-state index < -0.39 is 39.0 Å². The Morgan fingerprint density at radius 2 is 1.95 bits per heavy atom. The first kappa shape index (κ1) is 31.9. The lowest BCUT2D eigenvalue weighted by atomic mass is 10.1. The van der Waals surface area contributed by atoms with Gasteiger partial charge < -0.3 is 13.8 Å². The minimum absolute atomic E-state index is 0.0534. The summed E-state index contributed by atoms with van der Waals surface area (Å²) in [5.41, 5.74) is 2.40. The number of ketones is 1. The van der Waals surface area contributed by atoms with Gasteiger partial charge in [0.15, 0.2) is 18.2 Å². The Morgan fingerprint density at radius 3 is 2.55 bits per heavy atom. The van der Waals surface area contributed by atoms with Crippen LogP contribution in [0.4, 0.5) is 4.39 Å². The van der Waals surface area contributed by atoms with Gasteiger partial charge >= 0.3 is 0 Å². The second-order valence-electron chi connectivity index (χ2n) is 11.6. The van der Waals surface area contributed by atoms with E-state index in [1.807, 2.05) is 38.5 Å². The third-order valence-corrected chi connectivity index (χ3v) is 12.0. The number of amides is 1. The third-order valence-electron chi connectivity index (χ3n) is 6.28. The lowest BCUT2D eigenvalue weighted by Gasteiger charge is -2.37. The van der Waals surface area contributed by atoms with Crippen molar-refractivity contribution in [3.8, 4) is 0 Å². The molecule has 0 saturated carbocycles. The summed E-state index contributed by atoms with van der Waals surface area (Å²) in [6, 6.07) is 6.39. The van der Waals surface area contributed by atoms with E-state index in [1.54, 1.807) is 10.8 Å². The highest BCUT2D eigenvalue weighted by Gasteiger charge is 2.50. The molecular weight excluding hydrogens is 570 g/mol. The Balaban J connectivity index is 1.78. The number of halogens is 1. The van der Waals surface area contributed by atoms with Crippen molar-refractivity contribution < 1.29 is 29.1 Å². The molecule has 0 radical (unpaired) electrons. The molecule has 1 aromatic carbocycles. The maximum absolute atomic E-state index is 15.9. The average Bonchev–Trinajstić information content (AvgIpc) is 3.17. The number of nitrogens with zero attached hydrogens (tertiary/aromatic N) is 2. The maximum atomic E-state index is 15.9. The van der Waals surface area contributed by atoms with Crippen molar-refractivity contribution in [1.82, 2.24) is 9.57 Å². The van der Waals surface area contributed by atoms with E-state index in [-0.39, 0.29) is 35.9 Å². The molecule has 0 spiro atoms. The molecule has 0 N–H and O–H groups in total. The zero-order chi connectivity index (χ0) is 30.5. The average molecular weight is 616 g/mol. The van der Waals surface area contributed by atoms with Crippen LogP contribution >= 0.6 is 30.1 Å². The number of aryl methyl sites for hydroxylation is 1. The molecule has 0 bridgehead atoms. The first-order valence-electron chi connectivity index (χ1n) is 14.4. The van der Waals surface area contributed by atoms with E-state index in [1.165, 1.54) is 28.3 Å². The van der Waals surface area contributed by atoms with Crippen LogP contribution in [0.25, 0.3) is 0 Å². The van der Waals surface area contributed by atoms with Gasteiger partial charge in [0.1, 0.15) is 6.10 Å². The second-order valence-corrected chi connectivity index (χ2v) is 15.9. The predicted molar refractivity (Wildman–Crippen MR) is 163 cm³/mol. The number of benzene rings is 1. The summed E-state index contributed by atoms with van der Waals surface area (Å²) in [5, 5.41) is 0. The van der Waals surface area contributed by atoms with Crippen LogP contribution in [0.2, 0.25) is 0 Å². The SMILES string of the molecule is [2H]CC1OC(N2C=CC(=O)CC2=O)C(F)C1OP(OCCc1cccc(C)c1SSC(C)(C)C)N(C(C)C)C(C)C. The molecule has 5 atom stereocenters. The Kier molecular flexibility index (Phi) is 11.5. The molecule has 1 aromatic rings. The van der Waals surface area contributed by atoms with Gasteiger partial charge in [-0.1, -0.05) is 60.6 Å². The number of hydrogen-bond acceptors (Lipinski definition) is 8. The first-order valence-corrected chi connectivity index (χ1v) is 16.9. The highest BCUT2D eigenvalue weighted by molar-refractivity contribution is 8.77. The molecular formula is C29H44FN2O5PS2. The summed E-state index contributed by atoms with van der Waals surface area (Å²) in [6.45, 7) is 17.0. The third kappa shape index (κ3) is 8.76. The van der Waals surface area contributed by atoms with Crippen molar-refractivity contribution in [1.29, 1.82) is 0 Å². The monoisotopic (exact) mass is 615 g/mol. The number of hydrogen-bond donors (Lipinski definition) is 0. The highest BCUT2D eigenvalue weighted by Crippen LogP contribution is 2.50. The molecule has 2 aliphatic heterocycles. The van der Waals surface area contributed by atoms with E-state index in [0.29, 0.717) is 13.0 Å². The van der Waals surface area contributed by atoms with Crippen molar-refractivity contribution >= 4 is 41.8 Å². The Bertz CT molecular complexity index is 1080. The van der Waals surface area contributed by atoms with Crippen LogP contribution in [0.15, 0.2) is 35.4 Å². The fraction of sp³-hybridized carbons (Fsp3) is 0.655. The van der Waals surface area contributed by atoms with Crippen LogP contribution < -0.4 is 0 Å². The zero-order valence-electron chi connectivity index (χ0n) is 25.8. The van der Waals surface area contributed by atoms with Gasteiger partial charge in [0.25, 0.3) is 8.53 Å². The maximum Gasteiger partial charge on any atom is 0.259 e. The Labute approximate surface area is 249 Å². The van der Waals surface area contributed by atoms with Gasteiger partial charge in [0.05, 0.1) is 19.1 Å². The molecule has 7 nitrogen and oxygen atoms in total. The lowest BCUT2D eigenvalue weighted by molar-refractivity contribution is -0.145. The number of ether oxygens (including phenoxy) is 1. The molecule has 0 aliphatic carbocycles. The topological polar surface area (TPSA) is 68.3 Å². The van der Waals surface area contributed by atoms with Crippen molar-refractivity contribution in [3.05, 3.63) is 41.6 Å². The lowest BCUT2D eigenvalue weighted by Crippen LogP contribution is -2.45. The molecule has 1 fully saturated rings. The molecule has 1 amide bonds. The van der Waals surface area contributed by atoms with Crippen molar-refractivity contribution in [2.75, 3.05) is 6.61 Å².